The lowest BCUT2D eigenvalue weighted by atomic mass is 10.2. The molecule has 7 nitrogen and oxygen atoms in total. The zero-order valence-corrected chi connectivity index (χ0v) is 16.4. The molecule has 0 aromatic heterocycles. The number of ether oxygens (including phenoxy) is 1. The third-order valence-electron chi connectivity index (χ3n) is 4.03. The van der Waals surface area contributed by atoms with Crippen molar-refractivity contribution >= 4 is 29.4 Å². The molecule has 0 unspecified atom stereocenters. The monoisotopic (exact) mass is 382 g/mol. The van der Waals surface area contributed by atoms with E-state index in [-0.39, 0.29) is 0 Å². The molecule has 0 aliphatic carbocycles. The smallest absolute Gasteiger partial charge is 0.329 e. The molecule has 148 valence electrons. The molecular formula is C21H26N4O3. The molecule has 0 saturated carbocycles. The van der Waals surface area contributed by atoms with Gasteiger partial charge in [-0.1, -0.05) is 12.1 Å². The minimum absolute atomic E-state index is 0.500. The number of nitrogens with one attached hydrogen (secondary N) is 2. The first kappa shape index (κ1) is 21.0. The van der Waals surface area contributed by atoms with Gasteiger partial charge in [-0.25, -0.2) is 5.43 Å². The number of hydrogen-bond acceptors (Lipinski definition) is 5. The Morgan fingerprint density at radius 2 is 1.61 bits per heavy atom. The van der Waals surface area contributed by atoms with Crippen molar-refractivity contribution in [1.29, 1.82) is 0 Å². The van der Waals surface area contributed by atoms with Gasteiger partial charge in [0.15, 0.2) is 0 Å². The summed E-state index contributed by atoms with van der Waals surface area (Å²) in [4.78, 5) is 26.0. The van der Waals surface area contributed by atoms with Gasteiger partial charge in [0.25, 0.3) is 0 Å². The van der Waals surface area contributed by atoms with Gasteiger partial charge in [-0.2, -0.15) is 5.10 Å². The van der Waals surface area contributed by atoms with Crippen molar-refractivity contribution in [2.75, 3.05) is 29.9 Å². The Balaban J connectivity index is 1.85. The third-order valence-corrected chi connectivity index (χ3v) is 4.03. The summed E-state index contributed by atoms with van der Waals surface area (Å²) in [7, 11) is 0. The van der Waals surface area contributed by atoms with Crippen LogP contribution in [0.5, 0.6) is 5.75 Å². The molecule has 2 amide bonds. The number of hydrogen-bond donors (Lipinski definition) is 2. The van der Waals surface area contributed by atoms with E-state index in [1.807, 2.05) is 31.2 Å². The summed E-state index contributed by atoms with van der Waals surface area (Å²) in [5.41, 5.74) is 4.67. The van der Waals surface area contributed by atoms with Gasteiger partial charge in [0.1, 0.15) is 5.75 Å². The predicted molar refractivity (Wildman–Crippen MR) is 112 cm³/mol. The molecule has 0 bridgehead atoms. The van der Waals surface area contributed by atoms with E-state index in [4.69, 9.17) is 4.74 Å². The highest BCUT2D eigenvalue weighted by atomic mass is 16.5. The van der Waals surface area contributed by atoms with E-state index in [1.54, 1.807) is 24.3 Å². The summed E-state index contributed by atoms with van der Waals surface area (Å²) in [6.07, 6.45) is 1.49. The summed E-state index contributed by atoms with van der Waals surface area (Å²) < 4.78 is 5.33. The Kier molecular flexibility index (Phi) is 8.02. The summed E-state index contributed by atoms with van der Waals surface area (Å²) in [5.74, 6) is -0.940. The number of rotatable bonds is 8. The summed E-state index contributed by atoms with van der Waals surface area (Å²) in [5, 5.41) is 6.35. The highest BCUT2D eigenvalue weighted by Gasteiger charge is 2.12. The van der Waals surface area contributed by atoms with Crippen LogP contribution in [-0.4, -0.2) is 37.7 Å². The van der Waals surface area contributed by atoms with Crippen molar-refractivity contribution in [3.63, 3.8) is 0 Å². The van der Waals surface area contributed by atoms with Crippen LogP contribution in [0.4, 0.5) is 11.4 Å². The lowest BCUT2D eigenvalue weighted by Crippen LogP contribution is -2.32. The molecule has 2 aromatic rings. The van der Waals surface area contributed by atoms with E-state index >= 15 is 0 Å². The lowest BCUT2D eigenvalue weighted by molar-refractivity contribution is -0.136. The van der Waals surface area contributed by atoms with E-state index < -0.39 is 11.8 Å². The Hall–Kier alpha value is -3.35. The van der Waals surface area contributed by atoms with Crippen LogP contribution in [0.2, 0.25) is 0 Å². The van der Waals surface area contributed by atoms with Gasteiger partial charge in [-0.05, 0) is 62.7 Å². The van der Waals surface area contributed by atoms with Crippen LogP contribution in [0.15, 0.2) is 53.6 Å². The van der Waals surface area contributed by atoms with E-state index in [2.05, 4.69) is 34.6 Å². The molecule has 2 N–H and O–H groups in total. The maximum atomic E-state index is 11.9. The minimum atomic E-state index is -0.843. The summed E-state index contributed by atoms with van der Waals surface area (Å²) >= 11 is 0. The van der Waals surface area contributed by atoms with E-state index in [0.717, 1.165) is 24.3 Å². The van der Waals surface area contributed by atoms with Gasteiger partial charge in [-0.3, -0.25) is 9.59 Å². The molecule has 7 heteroatoms. The van der Waals surface area contributed by atoms with Crippen LogP contribution in [0.1, 0.15) is 26.3 Å². The number of carbonyl (C=O) groups is 2. The number of nitrogens with zero attached hydrogens (tertiary/aromatic N) is 2. The van der Waals surface area contributed by atoms with Gasteiger partial charge in [0, 0.05) is 24.5 Å². The number of carbonyl (C=O) groups excluding carboxylic acids is 2. The Morgan fingerprint density at radius 3 is 2.18 bits per heavy atom. The Bertz CT molecular complexity index is 797. The van der Waals surface area contributed by atoms with E-state index in [0.29, 0.717) is 18.0 Å². The third kappa shape index (κ3) is 6.12. The van der Waals surface area contributed by atoms with Crippen LogP contribution in [0.25, 0.3) is 0 Å². The fourth-order valence-corrected chi connectivity index (χ4v) is 2.57. The number of benzene rings is 2. The van der Waals surface area contributed by atoms with Crippen molar-refractivity contribution < 1.29 is 14.3 Å². The number of anilines is 2. The second-order valence-electron chi connectivity index (χ2n) is 5.87. The second-order valence-corrected chi connectivity index (χ2v) is 5.87. The maximum absolute atomic E-state index is 11.9. The molecule has 2 aromatic carbocycles. The average molecular weight is 382 g/mol. The predicted octanol–water partition coefficient (Wildman–Crippen LogP) is 3.02. The molecule has 0 heterocycles. The van der Waals surface area contributed by atoms with Crippen molar-refractivity contribution in [2.24, 2.45) is 5.10 Å². The van der Waals surface area contributed by atoms with Crippen LogP contribution >= 0.6 is 0 Å². The summed E-state index contributed by atoms with van der Waals surface area (Å²) in [6.45, 7) is 8.52. The van der Waals surface area contributed by atoms with Crippen molar-refractivity contribution in [1.82, 2.24) is 5.43 Å². The van der Waals surface area contributed by atoms with Crippen LogP contribution in [0, 0.1) is 0 Å². The molecule has 0 radical (unpaired) electrons. The SMILES string of the molecule is CCOc1ccc(NC(=O)C(=O)N/N=C\c2ccc(N(CC)CC)cc2)cc1. The van der Waals surface area contributed by atoms with Crippen LogP contribution in [0.3, 0.4) is 0 Å². The summed E-state index contributed by atoms with van der Waals surface area (Å²) in [6, 6.07) is 14.6. The largest absolute Gasteiger partial charge is 0.494 e. The highest BCUT2D eigenvalue weighted by Crippen LogP contribution is 2.15. The molecule has 0 aliphatic heterocycles. The molecule has 0 aliphatic rings. The maximum Gasteiger partial charge on any atom is 0.329 e. The van der Waals surface area contributed by atoms with Crippen LogP contribution < -0.4 is 20.4 Å². The number of hydrazone groups is 1. The topological polar surface area (TPSA) is 83.0 Å². The van der Waals surface area contributed by atoms with Crippen molar-refractivity contribution in [2.45, 2.75) is 20.8 Å². The fraction of sp³-hybridized carbons (Fsp3) is 0.286. The molecule has 2 rings (SSSR count). The van der Waals surface area contributed by atoms with Gasteiger partial charge < -0.3 is 15.0 Å². The number of amides is 2. The molecule has 0 fully saturated rings. The highest BCUT2D eigenvalue weighted by molar-refractivity contribution is 6.39. The lowest BCUT2D eigenvalue weighted by Gasteiger charge is -2.20. The molecular weight excluding hydrogens is 356 g/mol. The minimum Gasteiger partial charge on any atom is -0.494 e. The van der Waals surface area contributed by atoms with Crippen molar-refractivity contribution in [3.05, 3.63) is 54.1 Å². The normalized spacial score (nSPS) is 10.5. The van der Waals surface area contributed by atoms with Gasteiger partial charge in [-0.15, -0.1) is 0 Å². The molecule has 0 atom stereocenters. The van der Waals surface area contributed by atoms with Gasteiger partial charge in [0.05, 0.1) is 12.8 Å². The zero-order valence-electron chi connectivity index (χ0n) is 16.4. The average Bonchev–Trinajstić information content (AvgIpc) is 2.71. The fourth-order valence-electron chi connectivity index (χ4n) is 2.57. The Morgan fingerprint density at radius 1 is 0.964 bits per heavy atom. The van der Waals surface area contributed by atoms with Crippen molar-refractivity contribution in [3.8, 4) is 5.75 Å². The molecule has 0 spiro atoms. The van der Waals surface area contributed by atoms with Gasteiger partial charge in [0.2, 0.25) is 0 Å². The van der Waals surface area contributed by atoms with E-state index in [9.17, 15) is 9.59 Å². The quantitative estimate of drug-likeness (QED) is 0.418. The standard InChI is InChI=1S/C21H26N4O3/c1-4-25(5-2)18-11-7-16(8-12-18)15-22-24-21(27)20(26)23-17-9-13-19(14-10-17)28-6-3/h7-15H,4-6H2,1-3H3,(H,23,26)(H,24,27)/b22-15-. The molecule has 28 heavy (non-hydrogen) atoms. The first-order chi connectivity index (χ1) is 13.6. The Labute approximate surface area is 165 Å². The first-order valence-corrected chi connectivity index (χ1v) is 9.29. The first-order valence-electron chi connectivity index (χ1n) is 9.29. The molecule has 0 saturated heterocycles. The van der Waals surface area contributed by atoms with Gasteiger partial charge >= 0.3 is 11.8 Å². The zero-order chi connectivity index (χ0) is 20.4. The van der Waals surface area contributed by atoms with E-state index in [1.165, 1.54) is 6.21 Å². The van der Waals surface area contributed by atoms with Crippen LogP contribution in [-0.2, 0) is 9.59 Å². The second kappa shape index (κ2) is 10.7.